The first-order valence-electron chi connectivity index (χ1n) is 8.81. The molecule has 1 heterocycles. The Morgan fingerprint density at radius 3 is 2.56 bits per heavy atom. The van der Waals surface area contributed by atoms with Crippen LogP contribution in [0.4, 0.5) is 0 Å². The number of guanidine groups is 1. The molecule has 1 fully saturated rings. The van der Waals surface area contributed by atoms with E-state index in [0.29, 0.717) is 25.0 Å². The number of ether oxygens (including phenoxy) is 2. The van der Waals surface area contributed by atoms with E-state index < -0.39 is 15.6 Å². The average molecular weight is 379 g/mol. The van der Waals surface area contributed by atoms with Crippen molar-refractivity contribution in [2.75, 3.05) is 52.8 Å². The smallest absolute Gasteiger partial charge is 0.209 e. The van der Waals surface area contributed by atoms with Crippen molar-refractivity contribution in [3.8, 4) is 0 Å². The minimum Gasteiger partial charge on any atom is -0.381 e. The van der Waals surface area contributed by atoms with Crippen LogP contribution in [0, 0.1) is 5.92 Å². The van der Waals surface area contributed by atoms with E-state index in [1.165, 1.54) is 0 Å². The molecule has 25 heavy (non-hydrogen) atoms. The Morgan fingerprint density at radius 1 is 1.28 bits per heavy atom. The molecule has 0 aromatic carbocycles. The molecule has 8 nitrogen and oxygen atoms in total. The van der Waals surface area contributed by atoms with Crippen molar-refractivity contribution >= 4 is 16.0 Å². The van der Waals surface area contributed by atoms with Crippen molar-refractivity contribution in [2.45, 2.75) is 38.6 Å². The predicted molar refractivity (Wildman–Crippen MR) is 100 cm³/mol. The number of sulfonamides is 1. The maximum atomic E-state index is 11.3. The number of nitrogens with one attached hydrogen (secondary N) is 3. The SMILES string of the molecule is CN=C(NCCCOCC1CCOCC1)NCC(C)(C)NS(C)(=O)=O. The van der Waals surface area contributed by atoms with Crippen LogP contribution in [0.5, 0.6) is 0 Å². The van der Waals surface area contributed by atoms with E-state index in [4.69, 9.17) is 9.47 Å². The Labute approximate surface area is 152 Å². The van der Waals surface area contributed by atoms with Gasteiger partial charge in [0.2, 0.25) is 10.0 Å². The molecule has 1 aliphatic heterocycles. The second kappa shape index (κ2) is 10.9. The Bertz CT molecular complexity index is 502. The zero-order valence-corrected chi connectivity index (χ0v) is 16.7. The lowest BCUT2D eigenvalue weighted by molar-refractivity contribution is 0.0203. The minimum atomic E-state index is -3.25. The fraction of sp³-hybridized carbons (Fsp3) is 0.938. The van der Waals surface area contributed by atoms with Gasteiger partial charge < -0.3 is 20.1 Å². The molecule has 0 amide bonds. The maximum Gasteiger partial charge on any atom is 0.209 e. The van der Waals surface area contributed by atoms with E-state index in [1.54, 1.807) is 7.05 Å². The van der Waals surface area contributed by atoms with Crippen LogP contribution in [0.1, 0.15) is 33.1 Å². The zero-order chi connectivity index (χ0) is 18.8. The lowest BCUT2D eigenvalue weighted by atomic mass is 10.0. The topological polar surface area (TPSA) is 101 Å². The molecule has 0 radical (unpaired) electrons. The first-order valence-corrected chi connectivity index (χ1v) is 10.7. The number of rotatable bonds is 10. The summed E-state index contributed by atoms with van der Waals surface area (Å²) < 4.78 is 36.3. The third-order valence-corrected chi connectivity index (χ3v) is 4.76. The molecule has 0 spiro atoms. The molecule has 0 atom stereocenters. The first-order chi connectivity index (χ1) is 11.7. The van der Waals surface area contributed by atoms with Gasteiger partial charge in [0.1, 0.15) is 0 Å². The lowest BCUT2D eigenvalue weighted by Gasteiger charge is -2.26. The van der Waals surface area contributed by atoms with E-state index >= 15 is 0 Å². The van der Waals surface area contributed by atoms with Crippen molar-refractivity contribution < 1.29 is 17.9 Å². The summed E-state index contributed by atoms with van der Waals surface area (Å²) in [6.45, 7) is 8.03. The van der Waals surface area contributed by atoms with Crippen LogP contribution >= 0.6 is 0 Å². The van der Waals surface area contributed by atoms with Crippen LogP contribution < -0.4 is 15.4 Å². The molecule has 0 aromatic heterocycles. The summed E-state index contributed by atoms with van der Waals surface area (Å²) in [6.07, 6.45) is 4.22. The molecular formula is C16H34N4O4S. The number of hydrogen-bond donors (Lipinski definition) is 3. The minimum absolute atomic E-state index is 0.431. The van der Waals surface area contributed by atoms with E-state index in [2.05, 4.69) is 20.3 Å². The first kappa shape index (κ1) is 22.1. The van der Waals surface area contributed by atoms with Crippen molar-refractivity contribution in [1.29, 1.82) is 0 Å². The molecular weight excluding hydrogens is 344 g/mol. The Kier molecular flexibility index (Phi) is 9.70. The summed E-state index contributed by atoms with van der Waals surface area (Å²) in [5.74, 6) is 1.27. The number of hydrogen-bond acceptors (Lipinski definition) is 5. The third kappa shape index (κ3) is 11.4. The standard InChI is InChI=1S/C16H34N4O4S/c1-16(2,20-25(4,21)22)13-19-15(17-3)18-8-5-9-24-12-14-6-10-23-11-7-14/h14,20H,5-13H2,1-4H3,(H2,17,18,19). The zero-order valence-electron chi connectivity index (χ0n) is 15.9. The Balaban J connectivity index is 2.13. The van der Waals surface area contributed by atoms with Crippen LogP contribution in [0.25, 0.3) is 0 Å². The van der Waals surface area contributed by atoms with Crippen LogP contribution in [0.15, 0.2) is 4.99 Å². The van der Waals surface area contributed by atoms with Gasteiger partial charge in [0.25, 0.3) is 0 Å². The fourth-order valence-electron chi connectivity index (χ4n) is 2.61. The van der Waals surface area contributed by atoms with Crippen LogP contribution in [-0.4, -0.2) is 72.7 Å². The van der Waals surface area contributed by atoms with Gasteiger partial charge in [0.15, 0.2) is 5.96 Å². The van der Waals surface area contributed by atoms with Gasteiger partial charge in [-0.15, -0.1) is 0 Å². The molecule has 1 rings (SSSR count). The fourth-order valence-corrected chi connectivity index (χ4v) is 3.68. The molecule has 0 saturated carbocycles. The molecule has 148 valence electrons. The predicted octanol–water partition coefficient (Wildman–Crippen LogP) is 0.313. The summed E-state index contributed by atoms with van der Waals surface area (Å²) in [6, 6.07) is 0. The quantitative estimate of drug-likeness (QED) is 0.287. The highest BCUT2D eigenvalue weighted by atomic mass is 32.2. The highest BCUT2D eigenvalue weighted by molar-refractivity contribution is 7.88. The second-order valence-electron chi connectivity index (χ2n) is 7.09. The number of aliphatic imine (C=N–C) groups is 1. The van der Waals surface area contributed by atoms with Gasteiger partial charge in [-0.3, -0.25) is 4.99 Å². The van der Waals surface area contributed by atoms with Crippen molar-refractivity contribution in [1.82, 2.24) is 15.4 Å². The highest BCUT2D eigenvalue weighted by Gasteiger charge is 2.22. The molecule has 0 aromatic rings. The second-order valence-corrected chi connectivity index (χ2v) is 8.84. The largest absolute Gasteiger partial charge is 0.381 e. The van der Waals surface area contributed by atoms with E-state index in [0.717, 1.165) is 51.9 Å². The summed E-state index contributed by atoms with van der Waals surface area (Å²) in [4.78, 5) is 4.14. The van der Waals surface area contributed by atoms with Crippen LogP contribution in [-0.2, 0) is 19.5 Å². The van der Waals surface area contributed by atoms with E-state index in [9.17, 15) is 8.42 Å². The summed E-state index contributed by atoms with van der Waals surface area (Å²) in [5.41, 5.74) is -0.599. The normalized spacial score (nSPS) is 17.5. The molecule has 0 aliphatic carbocycles. The maximum absolute atomic E-state index is 11.3. The number of nitrogens with zero attached hydrogens (tertiary/aromatic N) is 1. The van der Waals surface area contributed by atoms with Crippen molar-refractivity contribution in [3.05, 3.63) is 0 Å². The Hall–Kier alpha value is -0.900. The van der Waals surface area contributed by atoms with Gasteiger partial charge in [0, 0.05) is 52.1 Å². The lowest BCUT2D eigenvalue weighted by Crippen LogP contribution is -2.53. The molecule has 1 aliphatic rings. The molecule has 0 unspecified atom stereocenters. The van der Waals surface area contributed by atoms with E-state index in [-0.39, 0.29) is 0 Å². The van der Waals surface area contributed by atoms with Gasteiger partial charge in [-0.25, -0.2) is 13.1 Å². The molecule has 3 N–H and O–H groups in total. The molecule has 0 bridgehead atoms. The van der Waals surface area contributed by atoms with Gasteiger partial charge >= 0.3 is 0 Å². The van der Waals surface area contributed by atoms with Gasteiger partial charge in [-0.1, -0.05) is 0 Å². The van der Waals surface area contributed by atoms with Crippen LogP contribution in [0.2, 0.25) is 0 Å². The van der Waals surface area contributed by atoms with Gasteiger partial charge in [0.05, 0.1) is 6.26 Å². The monoisotopic (exact) mass is 378 g/mol. The summed E-state index contributed by atoms with van der Waals surface area (Å²) >= 11 is 0. The van der Waals surface area contributed by atoms with E-state index in [1.807, 2.05) is 13.8 Å². The van der Waals surface area contributed by atoms with Gasteiger partial charge in [-0.05, 0) is 39.0 Å². The summed E-state index contributed by atoms with van der Waals surface area (Å²) in [7, 11) is -1.56. The van der Waals surface area contributed by atoms with Crippen molar-refractivity contribution in [3.63, 3.8) is 0 Å². The van der Waals surface area contributed by atoms with Crippen molar-refractivity contribution in [2.24, 2.45) is 10.9 Å². The highest BCUT2D eigenvalue weighted by Crippen LogP contribution is 2.14. The molecule has 1 saturated heterocycles. The van der Waals surface area contributed by atoms with Gasteiger partial charge in [-0.2, -0.15) is 0 Å². The summed E-state index contributed by atoms with van der Waals surface area (Å²) in [5, 5.41) is 6.34. The average Bonchev–Trinajstić information content (AvgIpc) is 2.52. The third-order valence-electron chi connectivity index (χ3n) is 3.84. The van der Waals surface area contributed by atoms with Crippen LogP contribution in [0.3, 0.4) is 0 Å². The Morgan fingerprint density at radius 2 is 1.96 bits per heavy atom. The molecule has 9 heteroatoms.